The topological polar surface area (TPSA) is 58.6 Å². The van der Waals surface area contributed by atoms with Gasteiger partial charge in [0.05, 0.1) is 23.7 Å². The molecule has 1 aliphatic rings. The zero-order chi connectivity index (χ0) is 25.8. The molecule has 4 aromatic carbocycles. The number of amides is 2. The van der Waals surface area contributed by atoms with E-state index in [9.17, 15) is 9.59 Å². The van der Waals surface area contributed by atoms with Gasteiger partial charge in [-0.05, 0) is 73.2 Å². The van der Waals surface area contributed by atoms with Gasteiger partial charge in [0.2, 0.25) is 5.91 Å². The van der Waals surface area contributed by atoms with Crippen molar-refractivity contribution >= 4 is 52.4 Å². The van der Waals surface area contributed by atoms with Gasteiger partial charge in [0.1, 0.15) is 5.75 Å². The van der Waals surface area contributed by atoms with E-state index in [1.807, 2.05) is 72.5 Å². The average molecular weight is 527 g/mol. The van der Waals surface area contributed by atoms with Gasteiger partial charge in [0, 0.05) is 25.9 Å². The predicted octanol–water partition coefficient (Wildman–Crippen LogP) is 7.65. The largest absolute Gasteiger partial charge is 0.497 e. The molecule has 0 saturated carbocycles. The molecule has 0 aliphatic carbocycles. The molecule has 1 unspecified atom stereocenters. The molecule has 1 heterocycles. The van der Waals surface area contributed by atoms with E-state index in [4.69, 9.17) is 4.74 Å². The SMILES string of the molecule is CCC(Sc1cccc(NC(=O)c2ccc(OC)cc2)c1)C(=O)N1c2ccccc2Sc2ccccc21. The van der Waals surface area contributed by atoms with Crippen molar-refractivity contribution in [1.82, 2.24) is 0 Å². The number of ether oxygens (including phenoxy) is 1. The minimum atomic E-state index is -0.295. The number of fused-ring (bicyclic) bond motifs is 2. The lowest BCUT2D eigenvalue weighted by atomic mass is 10.2. The summed E-state index contributed by atoms with van der Waals surface area (Å²) in [5, 5.41) is 2.66. The van der Waals surface area contributed by atoms with Crippen LogP contribution in [0.2, 0.25) is 0 Å². The summed E-state index contributed by atoms with van der Waals surface area (Å²) in [5.74, 6) is 0.537. The first-order valence-electron chi connectivity index (χ1n) is 12.0. The maximum absolute atomic E-state index is 14.0. The lowest BCUT2D eigenvalue weighted by Crippen LogP contribution is -2.35. The second-order valence-corrected chi connectivity index (χ2v) is 10.8. The quantitative estimate of drug-likeness (QED) is 0.251. The third-order valence-electron chi connectivity index (χ3n) is 6.02. The maximum Gasteiger partial charge on any atom is 0.255 e. The summed E-state index contributed by atoms with van der Waals surface area (Å²) in [6.45, 7) is 2.03. The van der Waals surface area contributed by atoms with Gasteiger partial charge < -0.3 is 10.1 Å². The van der Waals surface area contributed by atoms with Crippen molar-refractivity contribution in [2.75, 3.05) is 17.3 Å². The second-order valence-electron chi connectivity index (χ2n) is 8.44. The highest BCUT2D eigenvalue weighted by molar-refractivity contribution is 8.00. The second kappa shape index (κ2) is 11.2. The first-order valence-corrected chi connectivity index (χ1v) is 13.7. The molecule has 5 rings (SSSR count). The first-order chi connectivity index (χ1) is 18.1. The lowest BCUT2D eigenvalue weighted by molar-refractivity contribution is -0.117. The summed E-state index contributed by atoms with van der Waals surface area (Å²) >= 11 is 3.20. The highest BCUT2D eigenvalue weighted by Crippen LogP contribution is 2.48. The van der Waals surface area contributed by atoms with Crippen molar-refractivity contribution in [3.8, 4) is 5.75 Å². The van der Waals surface area contributed by atoms with Crippen LogP contribution in [-0.4, -0.2) is 24.2 Å². The third kappa shape index (κ3) is 5.38. The Morgan fingerprint density at radius 1 is 0.892 bits per heavy atom. The number of hydrogen-bond donors (Lipinski definition) is 1. The number of carbonyl (C=O) groups is 2. The Morgan fingerprint density at radius 3 is 2.16 bits per heavy atom. The van der Waals surface area contributed by atoms with Gasteiger partial charge in [-0.3, -0.25) is 14.5 Å². The van der Waals surface area contributed by atoms with Gasteiger partial charge in [-0.2, -0.15) is 0 Å². The van der Waals surface area contributed by atoms with E-state index in [2.05, 4.69) is 17.4 Å². The van der Waals surface area contributed by atoms with Crippen LogP contribution in [0.25, 0.3) is 0 Å². The van der Waals surface area contributed by atoms with Gasteiger partial charge in [-0.1, -0.05) is 49.0 Å². The number of benzene rings is 4. The highest BCUT2D eigenvalue weighted by atomic mass is 32.2. The van der Waals surface area contributed by atoms with E-state index in [1.165, 1.54) is 11.8 Å². The first kappa shape index (κ1) is 25.0. The molecule has 1 aliphatic heterocycles. The molecule has 7 heteroatoms. The summed E-state index contributed by atoms with van der Waals surface area (Å²) < 4.78 is 5.17. The summed E-state index contributed by atoms with van der Waals surface area (Å²) in [5.41, 5.74) is 3.05. The van der Waals surface area contributed by atoms with Crippen molar-refractivity contribution in [2.24, 2.45) is 0 Å². The fourth-order valence-electron chi connectivity index (χ4n) is 4.15. The monoisotopic (exact) mass is 526 g/mol. The van der Waals surface area contributed by atoms with Crippen molar-refractivity contribution in [1.29, 1.82) is 0 Å². The minimum Gasteiger partial charge on any atom is -0.497 e. The van der Waals surface area contributed by atoms with Crippen LogP contribution in [0.3, 0.4) is 0 Å². The van der Waals surface area contributed by atoms with Crippen LogP contribution in [0.4, 0.5) is 17.1 Å². The molecule has 0 spiro atoms. The Kier molecular flexibility index (Phi) is 7.53. The van der Waals surface area contributed by atoms with Crippen LogP contribution in [0.15, 0.2) is 112 Å². The van der Waals surface area contributed by atoms with Gasteiger partial charge in [-0.25, -0.2) is 0 Å². The Balaban J connectivity index is 1.36. The van der Waals surface area contributed by atoms with Crippen molar-refractivity contribution < 1.29 is 14.3 Å². The molecule has 0 saturated heterocycles. The number of anilines is 3. The van der Waals surface area contributed by atoms with Gasteiger partial charge in [0.15, 0.2) is 0 Å². The molecular weight excluding hydrogens is 500 g/mol. The van der Waals surface area contributed by atoms with Crippen LogP contribution in [0, 0.1) is 0 Å². The zero-order valence-corrected chi connectivity index (χ0v) is 22.1. The Morgan fingerprint density at radius 2 is 1.54 bits per heavy atom. The van der Waals surface area contributed by atoms with Gasteiger partial charge in [0.25, 0.3) is 5.91 Å². The summed E-state index contributed by atoms with van der Waals surface area (Å²) in [6.07, 6.45) is 0.667. The van der Waals surface area contributed by atoms with Gasteiger partial charge >= 0.3 is 0 Å². The van der Waals surface area contributed by atoms with Crippen molar-refractivity contribution in [3.05, 3.63) is 103 Å². The van der Waals surface area contributed by atoms with E-state index >= 15 is 0 Å². The molecule has 1 atom stereocenters. The third-order valence-corrected chi connectivity index (χ3v) is 8.50. The van der Waals surface area contributed by atoms with Crippen LogP contribution < -0.4 is 15.0 Å². The van der Waals surface area contributed by atoms with Crippen LogP contribution in [0.5, 0.6) is 5.75 Å². The molecule has 0 radical (unpaired) electrons. The van der Waals surface area contributed by atoms with E-state index in [1.54, 1.807) is 43.1 Å². The average Bonchev–Trinajstić information content (AvgIpc) is 2.94. The number of para-hydroxylation sites is 2. The number of thioether (sulfide) groups is 1. The summed E-state index contributed by atoms with van der Waals surface area (Å²) in [7, 11) is 1.59. The van der Waals surface area contributed by atoms with E-state index in [-0.39, 0.29) is 17.1 Å². The van der Waals surface area contributed by atoms with E-state index < -0.39 is 0 Å². The minimum absolute atomic E-state index is 0.0420. The maximum atomic E-state index is 14.0. The smallest absolute Gasteiger partial charge is 0.255 e. The summed E-state index contributed by atoms with van der Waals surface area (Å²) in [6, 6.07) is 30.7. The molecule has 186 valence electrons. The molecule has 1 N–H and O–H groups in total. The highest BCUT2D eigenvalue weighted by Gasteiger charge is 2.32. The standard InChI is InChI=1S/C30H26N2O3S2/c1-3-26(30(34)32-24-11-4-6-13-27(24)37-28-14-7-5-12-25(28)32)36-23-10-8-9-21(19-23)31-29(33)20-15-17-22(35-2)18-16-20/h4-19,26H,3H2,1-2H3,(H,31,33). The van der Waals surface area contributed by atoms with Crippen molar-refractivity contribution in [3.63, 3.8) is 0 Å². The lowest BCUT2D eigenvalue weighted by Gasteiger charge is -2.33. The van der Waals surface area contributed by atoms with E-state index in [0.717, 1.165) is 26.1 Å². The van der Waals surface area contributed by atoms with E-state index in [0.29, 0.717) is 23.4 Å². The normalized spacial score (nSPS) is 12.8. The number of nitrogens with one attached hydrogen (secondary N) is 1. The zero-order valence-electron chi connectivity index (χ0n) is 20.5. The number of methoxy groups -OCH3 is 1. The Labute approximate surface area is 225 Å². The Bertz CT molecular complexity index is 1390. The van der Waals surface area contributed by atoms with Crippen LogP contribution in [0.1, 0.15) is 23.7 Å². The van der Waals surface area contributed by atoms with Crippen molar-refractivity contribution in [2.45, 2.75) is 33.3 Å². The molecule has 37 heavy (non-hydrogen) atoms. The number of carbonyl (C=O) groups excluding carboxylic acids is 2. The fourth-order valence-corrected chi connectivity index (χ4v) is 6.26. The predicted molar refractivity (Wildman–Crippen MR) is 151 cm³/mol. The number of hydrogen-bond acceptors (Lipinski definition) is 5. The molecular formula is C30H26N2O3S2. The van der Waals surface area contributed by atoms with Gasteiger partial charge in [-0.15, -0.1) is 11.8 Å². The molecule has 0 fully saturated rings. The molecule has 0 aromatic heterocycles. The molecule has 5 nitrogen and oxygen atoms in total. The van der Waals surface area contributed by atoms with Crippen LogP contribution in [-0.2, 0) is 4.79 Å². The number of nitrogens with zero attached hydrogens (tertiary/aromatic N) is 1. The number of rotatable bonds is 7. The molecule has 2 amide bonds. The Hall–Kier alpha value is -3.68. The van der Waals surface area contributed by atoms with Crippen LogP contribution >= 0.6 is 23.5 Å². The molecule has 4 aromatic rings. The summed E-state index contributed by atoms with van der Waals surface area (Å²) in [4.78, 5) is 31.6. The molecule has 0 bridgehead atoms. The fraction of sp³-hybridized carbons (Fsp3) is 0.133.